The van der Waals surface area contributed by atoms with Gasteiger partial charge in [0, 0.05) is 11.8 Å². The van der Waals surface area contributed by atoms with E-state index in [9.17, 15) is 0 Å². The van der Waals surface area contributed by atoms with E-state index >= 15 is 0 Å². The molecule has 20 heavy (non-hydrogen) atoms. The third kappa shape index (κ3) is 4.70. The summed E-state index contributed by atoms with van der Waals surface area (Å²) in [5, 5.41) is 19.0. The number of rotatable bonds is 6. The monoisotopic (exact) mass is 295 g/mol. The summed E-state index contributed by atoms with van der Waals surface area (Å²) in [5.41, 5.74) is 0.461. The second kappa shape index (κ2) is 7.93. The molecule has 0 aliphatic carbocycles. The van der Waals surface area contributed by atoms with Crippen molar-refractivity contribution in [1.82, 2.24) is 4.90 Å². The molecule has 110 valence electrons. The number of piperidine rings is 1. The van der Waals surface area contributed by atoms with E-state index in [1.54, 1.807) is 18.2 Å². The molecule has 0 saturated carbocycles. The summed E-state index contributed by atoms with van der Waals surface area (Å²) < 4.78 is 5.68. The number of thioether (sulfide) groups is 1. The Bertz CT molecular complexity index is 411. The highest BCUT2D eigenvalue weighted by molar-refractivity contribution is 7.99. The van der Waals surface area contributed by atoms with E-state index in [1.165, 1.54) is 12.8 Å². The Morgan fingerprint density at radius 2 is 2.10 bits per heavy atom. The van der Waals surface area contributed by atoms with E-state index in [4.69, 9.17) is 14.8 Å². The molecule has 0 unspecified atom stereocenters. The van der Waals surface area contributed by atoms with Crippen LogP contribution in [0.25, 0.3) is 0 Å². The van der Waals surface area contributed by atoms with Gasteiger partial charge >= 0.3 is 7.12 Å². The Kier molecular flexibility index (Phi) is 6.22. The van der Waals surface area contributed by atoms with Crippen molar-refractivity contribution >= 4 is 24.3 Å². The van der Waals surface area contributed by atoms with Crippen molar-refractivity contribution in [1.29, 1.82) is 0 Å². The molecule has 0 radical (unpaired) electrons. The van der Waals surface area contributed by atoms with Crippen molar-refractivity contribution in [2.75, 3.05) is 32.5 Å². The predicted molar refractivity (Wildman–Crippen MR) is 84.7 cm³/mol. The van der Waals surface area contributed by atoms with Crippen molar-refractivity contribution in [3.63, 3.8) is 0 Å². The van der Waals surface area contributed by atoms with Crippen LogP contribution in [0.5, 0.6) is 5.75 Å². The zero-order valence-corrected chi connectivity index (χ0v) is 12.7. The van der Waals surface area contributed by atoms with Gasteiger partial charge in [0.1, 0.15) is 12.4 Å². The highest BCUT2D eigenvalue weighted by Crippen LogP contribution is 2.20. The fourth-order valence-corrected chi connectivity index (χ4v) is 3.11. The van der Waals surface area contributed by atoms with Crippen LogP contribution >= 0.6 is 11.8 Å². The molecule has 2 rings (SSSR count). The molecule has 1 saturated heterocycles. The number of likely N-dealkylation sites (tertiary alicyclic amines) is 1. The van der Waals surface area contributed by atoms with E-state index in [-0.39, 0.29) is 0 Å². The molecule has 2 N–H and O–H groups in total. The summed E-state index contributed by atoms with van der Waals surface area (Å²) in [4.78, 5) is 2.43. The van der Waals surface area contributed by atoms with E-state index in [2.05, 4.69) is 11.2 Å². The maximum atomic E-state index is 9.12. The smallest absolute Gasteiger partial charge is 0.488 e. The van der Waals surface area contributed by atoms with Crippen molar-refractivity contribution in [3.05, 3.63) is 24.3 Å². The summed E-state index contributed by atoms with van der Waals surface area (Å²) in [7, 11) is -1.44. The second-order valence-electron chi connectivity index (χ2n) is 5.07. The maximum Gasteiger partial charge on any atom is 0.488 e. The molecule has 0 atom stereocenters. The van der Waals surface area contributed by atoms with Crippen molar-refractivity contribution in [2.45, 2.75) is 18.1 Å². The highest BCUT2D eigenvalue weighted by atomic mass is 32.2. The molecule has 0 bridgehead atoms. The zero-order valence-electron chi connectivity index (χ0n) is 11.9. The van der Waals surface area contributed by atoms with Crippen LogP contribution in [-0.4, -0.2) is 59.8 Å². The molecule has 1 heterocycles. The molecular weight excluding hydrogens is 273 g/mol. The Morgan fingerprint density at radius 3 is 2.75 bits per heavy atom. The van der Waals surface area contributed by atoms with Crippen molar-refractivity contribution in [3.8, 4) is 5.75 Å². The third-order valence-corrected chi connectivity index (χ3v) is 4.84. The molecule has 4 nitrogen and oxygen atoms in total. The standard InChI is InChI=1S/C14H22BNO3S/c1-20-14-5-7-16(8-6-14)9-10-19-13-4-2-3-12(11-13)15(17)18/h2-4,11,14,17-18H,5-10H2,1H3. The Labute approximate surface area is 125 Å². The largest absolute Gasteiger partial charge is 0.492 e. The van der Waals surface area contributed by atoms with Crippen LogP contribution in [0, 0.1) is 0 Å². The third-order valence-electron chi connectivity index (χ3n) is 3.70. The van der Waals surface area contributed by atoms with Crippen molar-refractivity contribution < 1.29 is 14.8 Å². The van der Waals surface area contributed by atoms with Crippen LogP contribution in [0.2, 0.25) is 0 Å². The number of nitrogens with zero attached hydrogens (tertiary/aromatic N) is 1. The lowest BCUT2D eigenvalue weighted by Gasteiger charge is -2.30. The minimum Gasteiger partial charge on any atom is -0.492 e. The number of hydrogen-bond donors (Lipinski definition) is 2. The first-order chi connectivity index (χ1) is 9.69. The van der Waals surface area contributed by atoms with Gasteiger partial charge in [-0.3, -0.25) is 4.90 Å². The Balaban J connectivity index is 1.72. The van der Waals surface area contributed by atoms with Crippen LogP contribution in [0.15, 0.2) is 24.3 Å². The topological polar surface area (TPSA) is 52.9 Å². The molecule has 1 fully saturated rings. The van der Waals surface area contributed by atoms with E-state index in [0.29, 0.717) is 17.8 Å². The molecule has 1 aromatic carbocycles. The minimum atomic E-state index is -1.44. The Hall–Kier alpha value is -0.685. The van der Waals surface area contributed by atoms with Crippen LogP contribution < -0.4 is 10.2 Å². The van der Waals surface area contributed by atoms with Crippen LogP contribution in [0.1, 0.15) is 12.8 Å². The van der Waals surface area contributed by atoms with Crippen LogP contribution in [0.4, 0.5) is 0 Å². The molecule has 0 aromatic heterocycles. The normalized spacial score (nSPS) is 17.1. The van der Waals surface area contributed by atoms with E-state index in [0.717, 1.165) is 24.9 Å². The summed E-state index contributed by atoms with van der Waals surface area (Å²) >= 11 is 1.97. The summed E-state index contributed by atoms with van der Waals surface area (Å²) in [6.07, 6.45) is 4.70. The molecular formula is C14H22BNO3S. The molecule has 6 heteroatoms. The van der Waals surface area contributed by atoms with Crippen LogP contribution in [0.3, 0.4) is 0 Å². The number of benzene rings is 1. The van der Waals surface area contributed by atoms with Gasteiger partial charge in [-0.25, -0.2) is 0 Å². The summed E-state index contributed by atoms with van der Waals surface area (Å²) in [6.45, 7) is 3.84. The quantitative estimate of drug-likeness (QED) is 0.752. The van der Waals surface area contributed by atoms with E-state index < -0.39 is 7.12 Å². The Morgan fingerprint density at radius 1 is 1.35 bits per heavy atom. The average Bonchev–Trinajstić information content (AvgIpc) is 2.48. The molecule has 0 spiro atoms. The second-order valence-corrected chi connectivity index (χ2v) is 6.21. The number of hydrogen-bond acceptors (Lipinski definition) is 5. The van der Waals surface area contributed by atoms with E-state index in [1.807, 2.05) is 17.8 Å². The lowest BCUT2D eigenvalue weighted by atomic mass is 9.80. The number of ether oxygens (including phenoxy) is 1. The predicted octanol–water partition coefficient (Wildman–Crippen LogP) is 0.573. The molecule has 0 amide bonds. The van der Waals surface area contributed by atoms with Gasteiger partial charge in [0.05, 0.1) is 0 Å². The van der Waals surface area contributed by atoms with Gasteiger partial charge in [0.2, 0.25) is 0 Å². The van der Waals surface area contributed by atoms with Gasteiger partial charge in [-0.1, -0.05) is 12.1 Å². The van der Waals surface area contributed by atoms with Gasteiger partial charge in [0.15, 0.2) is 0 Å². The molecule has 1 aromatic rings. The van der Waals surface area contributed by atoms with Gasteiger partial charge in [-0.2, -0.15) is 11.8 Å². The maximum absolute atomic E-state index is 9.12. The molecule has 1 aliphatic heterocycles. The van der Waals surface area contributed by atoms with Gasteiger partial charge in [0.25, 0.3) is 0 Å². The van der Waals surface area contributed by atoms with Crippen LogP contribution in [-0.2, 0) is 0 Å². The lowest BCUT2D eigenvalue weighted by molar-refractivity contribution is 0.186. The van der Waals surface area contributed by atoms with Gasteiger partial charge in [-0.05, 0) is 49.8 Å². The zero-order chi connectivity index (χ0) is 14.4. The fourth-order valence-electron chi connectivity index (χ4n) is 2.43. The first-order valence-electron chi connectivity index (χ1n) is 7.03. The van der Waals surface area contributed by atoms with Gasteiger partial charge < -0.3 is 14.8 Å². The highest BCUT2D eigenvalue weighted by Gasteiger charge is 2.18. The first kappa shape index (κ1) is 15.7. The lowest BCUT2D eigenvalue weighted by Crippen LogP contribution is -2.37. The van der Waals surface area contributed by atoms with Gasteiger partial charge in [-0.15, -0.1) is 0 Å². The SMILES string of the molecule is CSC1CCN(CCOc2cccc(B(O)O)c2)CC1. The minimum absolute atomic E-state index is 0.461. The molecule has 1 aliphatic rings. The first-order valence-corrected chi connectivity index (χ1v) is 8.32. The average molecular weight is 295 g/mol. The summed E-state index contributed by atoms with van der Waals surface area (Å²) in [5.74, 6) is 0.689. The van der Waals surface area contributed by atoms with Crippen molar-refractivity contribution in [2.24, 2.45) is 0 Å². The summed E-state index contributed by atoms with van der Waals surface area (Å²) in [6, 6.07) is 6.95. The fraction of sp³-hybridized carbons (Fsp3) is 0.571.